The molecule has 0 radical (unpaired) electrons. The maximum atomic E-state index is 13.3. The highest BCUT2D eigenvalue weighted by Crippen LogP contribution is 2.59. The van der Waals surface area contributed by atoms with Crippen molar-refractivity contribution in [3.63, 3.8) is 0 Å². The van der Waals surface area contributed by atoms with Crippen molar-refractivity contribution in [1.29, 1.82) is 0 Å². The molecule has 0 spiro atoms. The number of nitrogens with zero attached hydrogens (tertiary/aromatic N) is 1. The van der Waals surface area contributed by atoms with Crippen molar-refractivity contribution in [3.8, 4) is 0 Å². The number of rotatable bonds is 10. The van der Waals surface area contributed by atoms with Gasteiger partial charge in [0, 0.05) is 6.54 Å². The fraction of sp³-hybridized carbons (Fsp3) is 0.538. The molecular formula is C26H31F6N. The Morgan fingerprint density at radius 3 is 1.97 bits per heavy atom. The lowest BCUT2D eigenvalue weighted by Gasteiger charge is -2.46. The summed E-state index contributed by atoms with van der Waals surface area (Å²) in [6.07, 6.45) is -6.43. The van der Waals surface area contributed by atoms with Gasteiger partial charge in [-0.25, -0.2) is 0 Å². The maximum Gasteiger partial charge on any atom is 0.393 e. The molecule has 33 heavy (non-hydrogen) atoms. The van der Waals surface area contributed by atoms with Gasteiger partial charge in [-0.05, 0) is 67.8 Å². The summed E-state index contributed by atoms with van der Waals surface area (Å²) in [7, 11) is 0. The standard InChI is InChI=1S/C26H31F6N/c1-2-15-33(17-14-19-7-4-3-5-8-19)16-6-9-20-10-12-21(13-11-20)22-18-23(25(27,28)29)24(22)26(30,31)32/h3-5,7-8,10-13,22-24H,2,6,9,14-18H2,1H3. The van der Waals surface area contributed by atoms with Crippen LogP contribution in [0.15, 0.2) is 54.6 Å². The highest BCUT2D eigenvalue weighted by atomic mass is 19.4. The first-order chi connectivity index (χ1) is 15.6. The largest absolute Gasteiger partial charge is 0.393 e. The van der Waals surface area contributed by atoms with Gasteiger partial charge in [-0.1, -0.05) is 61.5 Å². The number of benzene rings is 2. The van der Waals surface area contributed by atoms with Crippen molar-refractivity contribution in [2.45, 2.75) is 57.3 Å². The van der Waals surface area contributed by atoms with Crippen LogP contribution in [-0.4, -0.2) is 36.9 Å². The van der Waals surface area contributed by atoms with Crippen molar-refractivity contribution in [3.05, 3.63) is 71.3 Å². The van der Waals surface area contributed by atoms with Crippen molar-refractivity contribution >= 4 is 0 Å². The third kappa shape index (κ3) is 6.98. The molecule has 0 heterocycles. The van der Waals surface area contributed by atoms with E-state index in [-0.39, 0.29) is 0 Å². The quantitative estimate of drug-likeness (QED) is 0.326. The lowest BCUT2D eigenvalue weighted by molar-refractivity contribution is -0.292. The predicted octanol–water partition coefficient (Wildman–Crippen LogP) is 7.42. The van der Waals surface area contributed by atoms with Gasteiger partial charge in [0.2, 0.25) is 0 Å². The fourth-order valence-electron chi connectivity index (χ4n) is 4.81. The van der Waals surface area contributed by atoms with Crippen molar-refractivity contribution in [2.75, 3.05) is 19.6 Å². The molecule has 0 saturated heterocycles. The van der Waals surface area contributed by atoms with Gasteiger partial charge in [0.05, 0.1) is 11.8 Å². The van der Waals surface area contributed by atoms with E-state index in [1.165, 1.54) is 5.56 Å². The van der Waals surface area contributed by atoms with Crippen LogP contribution in [0, 0.1) is 11.8 Å². The minimum absolute atomic E-state index is 0.344. The van der Waals surface area contributed by atoms with Gasteiger partial charge in [0.15, 0.2) is 0 Å². The second kappa shape index (κ2) is 10.9. The van der Waals surface area contributed by atoms with Gasteiger partial charge in [0.1, 0.15) is 0 Å². The summed E-state index contributed by atoms with van der Waals surface area (Å²) in [6, 6.07) is 17.0. The predicted molar refractivity (Wildman–Crippen MR) is 118 cm³/mol. The van der Waals surface area contributed by atoms with Gasteiger partial charge in [-0.3, -0.25) is 0 Å². The lowest BCUT2D eigenvalue weighted by Crippen LogP contribution is -2.51. The minimum atomic E-state index is -4.86. The topological polar surface area (TPSA) is 3.24 Å². The molecular weight excluding hydrogens is 440 g/mol. The van der Waals surface area contributed by atoms with Crippen LogP contribution in [0.3, 0.4) is 0 Å². The Morgan fingerprint density at radius 2 is 1.39 bits per heavy atom. The summed E-state index contributed by atoms with van der Waals surface area (Å²) in [4.78, 5) is 2.42. The Kier molecular flexibility index (Phi) is 8.48. The van der Waals surface area contributed by atoms with Crippen LogP contribution < -0.4 is 0 Å². The van der Waals surface area contributed by atoms with E-state index >= 15 is 0 Å². The zero-order valence-electron chi connectivity index (χ0n) is 18.8. The Hall–Kier alpha value is -2.02. The molecule has 0 aliphatic heterocycles. The molecule has 1 aliphatic rings. The fourth-order valence-corrected chi connectivity index (χ4v) is 4.81. The van der Waals surface area contributed by atoms with E-state index in [9.17, 15) is 26.3 Å². The van der Waals surface area contributed by atoms with Crippen LogP contribution in [0.2, 0.25) is 0 Å². The number of halogens is 6. The molecule has 0 bridgehead atoms. The smallest absolute Gasteiger partial charge is 0.303 e. The van der Waals surface area contributed by atoms with Gasteiger partial charge in [0.25, 0.3) is 0 Å². The third-order valence-electron chi connectivity index (χ3n) is 6.62. The zero-order chi connectivity index (χ0) is 24.1. The average Bonchev–Trinajstić information content (AvgIpc) is 2.71. The molecule has 3 atom stereocenters. The first kappa shape index (κ1) is 25.6. The Bertz CT molecular complexity index is 844. The zero-order valence-corrected chi connectivity index (χ0v) is 18.8. The summed E-state index contributed by atoms with van der Waals surface area (Å²) >= 11 is 0. The Labute approximate surface area is 191 Å². The van der Waals surface area contributed by atoms with Gasteiger partial charge < -0.3 is 4.90 Å². The van der Waals surface area contributed by atoms with Crippen molar-refractivity contribution in [1.82, 2.24) is 4.90 Å². The second-order valence-corrected chi connectivity index (χ2v) is 8.98. The number of alkyl halides is 6. The number of aryl methyl sites for hydroxylation is 1. The minimum Gasteiger partial charge on any atom is -0.303 e. The molecule has 1 aliphatic carbocycles. The van der Waals surface area contributed by atoms with Crippen LogP contribution in [-0.2, 0) is 12.8 Å². The molecule has 3 rings (SSSR count). The molecule has 7 heteroatoms. The summed E-state index contributed by atoms with van der Waals surface area (Å²) < 4.78 is 78.6. The molecule has 3 unspecified atom stereocenters. The van der Waals surface area contributed by atoms with Crippen LogP contribution >= 0.6 is 0 Å². The SMILES string of the molecule is CCCN(CCCc1ccc(C2CC(C(F)(F)F)C2C(F)(F)F)cc1)CCc1ccccc1. The van der Waals surface area contributed by atoms with Crippen molar-refractivity contribution in [2.24, 2.45) is 11.8 Å². The highest BCUT2D eigenvalue weighted by molar-refractivity contribution is 5.29. The highest BCUT2D eigenvalue weighted by Gasteiger charge is 2.64. The molecule has 2 aromatic carbocycles. The van der Waals surface area contributed by atoms with Crippen molar-refractivity contribution < 1.29 is 26.3 Å². The van der Waals surface area contributed by atoms with E-state index in [0.717, 1.165) is 50.9 Å². The Balaban J connectivity index is 1.51. The van der Waals surface area contributed by atoms with Gasteiger partial charge in [-0.2, -0.15) is 26.3 Å². The van der Waals surface area contributed by atoms with Crippen LogP contribution in [0.4, 0.5) is 26.3 Å². The van der Waals surface area contributed by atoms with Crippen LogP contribution in [0.25, 0.3) is 0 Å². The second-order valence-electron chi connectivity index (χ2n) is 8.98. The average molecular weight is 472 g/mol. The van der Waals surface area contributed by atoms with E-state index < -0.39 is 36.5 Å². The molecule has 0 amide bonds. The number of hydrogen-bond donors (Lipinski definition) is 0. The summed E-state index contributed by atoms with van der Waals surface area (Å²) in [5.74, 6) is -5.78. The third-order valence-corrected chi connectivity index (χ3v) is 6.62. The summed E-state index contributed by atoms with van der Waals surface area (Å²) in [5.41, 5.74) is 2.64. The van der Waals surface area contributed by atoms with E-state index in [4.69, 9.17) is 0 Å². The van der Waals surface area contributed by atoms with E-state index in [0.29, 0.717) is 5.56 Å². The lowest BCUT2D eigenvalue weighted by atomic mass is 9.61. The monoisotopic (exact) mass is 471 g/mol. The summed E-state index contributed by atoms with van der Waals surface area (Å²) in [6.45, 7) is 5.05. The van der Waals surface area contributed by atoms with Crippen LogP contribution in [0.1, 0.15) is 48.8 Å². The first-order valence-electron chi connectivity index (χ1n) is 11.6. The molecule has 1 saturated carbocycles. The normalized spacial score (nSPS) is 21.3. The Morgan fingerprint density at radius 1 is 0.758 bits per heavy atom. The first-order valence-corrected chi connectivity index (χ1v) is 11.6. The van der Waals surface area contributed by atoms with Gasteiger partial charge >= 0.3 is 12.4 Å². The van der Waals surface area contributed by atoms with Crippen LogP contribution in [0.5, 0.6) is 0 Å². The molecule has 0 aromatic heterocycles. The molecule has 1 fully saturated rings. The van der Waals surface area contributed by atoms with E-state index in [2.05, 4.69) is 24.0 Å². The number of hydrogen-bond acceptors (Lipinski definition) is 1. The maximum absolute atomic E-state index is 13.3. The summed E-state index contributed by atoms with van der Waals surface area (Å²) in [5, 5.41) is 0. The van der Waals surface area contributed by atoms with E-state index in [1.54, 1.807) is 24.3 Å². The van der Waals surface area contributed by atoms with Gasteiger partial charge in [-0.15, -0.1) is 0 Å². The molecule has 2 aromatic rings. The molecule has 1 nitrogen and oxygen atoms in total. The van der Waals surface area contributed by atoms with E-state index in [1.807, 2.05) is 18.2 Å². The molecule has 0 N–H and O–H groups in total. The molecule has 182 valence electrons.